The molecule has 0 spiro atoms. The lowest BCUT2D eigenvalue weighted by molar-refractivity contribution is 0.632. The van der Waals surface area contributed by atoms with Crippen LogP contribution in [0.2, 0.25) is 0 Å². The molecule has 0 saturated carbocycles. The second kappa shape index (κ2) is 9.69. The molecule has 7 aromatic rings. The Morgan fingerprint density at radius 2 is 1.22 bits per heavy atom. The zero-order valence-electron chi connectivity index (χ0n) is 27.4. The third kappa shape index (κ3) is 3.68. The molecule has 0 N–H and O–H groups in total. The number of benzene rings is 7. The lowest BCUT2D eigenvalue weighted by Gasteiger charge is -2.43. The number of nitrogens with zero attached hydrogens (tertiary/aromatic N) is 1. The predicted octanol–water partition coefficient (Wildman–Crippen LogP) is 13.3. The van der Waals surface area contributed by atoms with Crippen LogP contribution in [0.5, 0.6) is 0 Å². The third-order valence-corrected chi connectivity index (χ3v) is 11.6. The van der Waals surface area contributed by atoms with Gasteiger partial charge in [-0.3, -0.25) is 0 Å². The first-order chi connectivity index (χ1) is 22.1. The van der Waals surface area contributed by atoms with Crippen LogP contribution in [0.15, 0.2) is 102 Å². The van der Waals surface area contributed by atoms with Crippen molar-refractivity contribution in [2.75, 3.05) is 4.90 Å². The minimum atomic E-state index is -0.142. The first-order valence-electron chi connectivity index (χ1n) is 16.7. The molecular weight excluding hydrogens is 622 g/mol. The molecule has 0 saturated heterocycles. The molecule has 0 radical (unpaired) electrons. The zero-order chi connectivity index (χ0) is 31.6. The summed E-state index contributed by atoms with van der Waals surface area (Å²) in [4.78, 5) is 2.61. The molecule has 1 nitrogen and oxygen atoms in total. The lowest BCUT2D eigenvalue weighted by Crippen LogP contribution is -2.31. The Labute approximate surface area is 280 Å². The molecule has 7 aromatic carbocycles. The average molecular weight is 661 g/mol. The lowest BCUT2D eigenvalue weighted by atomic mass is 9.72. The predicted molar refractivity (Wildman–Crippen MR) is 201 cm³/mol. The Morgan fingerprint density at radius 1 is 0.565 bits per heavy atom. The molecule has 226 valence electrons. The SMILES string of the molecule is CC(C)c1cc2ccc(N3c4ccccc4C(C)(C)c4cc5c(cc43)Cc3ccccc3-5)c3c(C(C)C)cc4ccc(Br)c1c4c23. The largest absolute Gasteiger partial charge is 0.309 e. The average Bonchev–Trinajstić information content (AvgIpc) is 3.41. The van der Waals surface area contributed by atoms with Gasteiger partial charge in [-0.2, -0.15) is 0 Å². The molecule has 46 heavy (non-hydrogen) atoms. The van der Waals surface area contributed by atoms with E-state index in [1.807, 2.05) is 0 Å². The summed E-state index contributed by atoms with van der Waals surface area (Å²) in [5.41, 5.74) is 14.9. The summed E-state index contributed by atoms with van der Waals surface area (Å²) in [6.45, 7) is 14.1. The van der Waals surface area contributed by atoms with E-state index in [1.165, 1.54) is 98.4 Å². The molecule has 2 heteroatoms. The van der Waals surface area contributed by atoms with Crippen molar-refractivity contribution in [3.8, 4) is 11.1 Å². The maximum Gasteiger partial charge on any atom is 0.0543 e. The third-order valence-electron chi connectivity index (χ3n) is 11.0. The molecule has 0 unspecified atom stereocenters. The summed E-state index contributed by atoms with van der Waals surface area (Å²) in [5.74, 6) is 0.787. The summed E-state index contributed by atoms with van der Waals surface area (Å²) < 4.78 is 1.18. The molecule has 1 aliphatic carbocycles. The van der Waals surface area contributed by atoms with E-state index in [4.69, 9.17) is 0 Å². The monoisotopic (exact) mass is 659 g/mol. The molecular formula is C44H38BrN. The molecule has 2 aliphatic rings. The van der Waals surface area contributed by atoms with Crippen molar-refractivity contribution < 1.29 is 0 Å². The highest BCUT2D eigenvalue weighted by Gasteiger charge is 2.39. The number of para-hydroxylation sites is 1. The molecule has 0 bridgehead atoms. The Hall–Kier alpha value is -4.14. The van der Waals surface area contributed by atoms with Crippen molar-refractivity contribution in [3.05, 3.63) is 135 Å². The smallest absolute Gasteiger partial charge is 0.0543 e. The Balaban J connectivity index is 1.43. The normalized spacial score (nSPS) is 14.8. The van der Waals surface area contributed by atoms with E-state index < -0.39 is 0 Å². The number of anilines is 3. The van der Waals surface area contributed by atoms with Gasteiger partial charge in [-0.15, -0.1) is 0 Å². The zero-order valence-corrected chi connectivity index (χ0v) is 29.0. The van der Waals surface area contributed by atoms with Crippen LogP contribution in [-0.4, -0.2) is 0 Å². The summed E-state index contributed by atoms with van der Waals surface area (Å²) in [6.07, 6.45) is 0.983. The number of hydrogen-bond acceptors (Lipinski definition) is 1. The first kappa shape index (κ1) is 28.1. The maximum absolute atomic E-state index is 3.99. The number of halogens is 1. The van der Waals surface area contributed by atoms with Gasteiger partial charge in [0.05, 0.1) is 17.1 Å². The van der Waals surface area contributed by atoms with Gasteiger partial charge < -0.3 is 4.90 Å². The van der Waals surface area contributed by atoms with Crippen LogP contribution in [0.4, 0.5) is 17.1 Å². The van der Waals surface area contributed by atoms with Crippen LogP contribution in [0.25, 0.3) is 43.4 Å². The van der Waals surface area contributed by atoms with Gasteiger partial charge in [-0.05, 0) is 115 Å². The fourth-order valence-corrected chi connectivity index (χ4v) is 9.28. The summed E-state index contributed by atoms with van der Waals surface area (Å²) in [6, 6.07) is 37.4. The van der Waals surface area contributed by atoms with Gasteiger partial charge in [0, 0.05) is 20.7 Å². The van der Waals surface area contributed by atoms with E-state index in [0.717, 1.165) is 6.42 Å². The van der Waals surface area contributed by atoms with E-state index in [-0.39, 0.29) is 5.41 Å². The molecule has 1 aliphatic heterocycles. The van der Waals surface area contributed by atoms with Gasteiger partial charge >= 0.3 is 0 Å². The maximum atomic E-state index is 3.99. The molecule has 0 atom stereocenters. The van der Waals surface area contributed by atoms with Gasteiger partial charge in [0.15, 0.2) is 0 Å². The second-order valence-electron chi connectivity index (χ2n) is 14.7. The van der Waals surface area contributed by atoms with Gasteiger partial charge in [-0.1, -0.05) is 124 Å². The molecule has 1 heterocycles. The van der Waals surface area contributed by atoms with Crippen molar-refractivity contribution in [2.45, 2.75) is 65.2 Å². The summed E-state index contributed by atoms with van der Waals surface area (Å²) >= 11 is 3.99. The molecule has 0 amide bonds. The van der Waals surface area contributed by atoms with Crippen molar-refractivity contribution in [1.82, 2.24) is 0 Å². The first-order valence-corrected chi connectivity index (χ1v) is 17.5. The Bertz CT molecular complexity index is 2390. The Kier molecular flexibility index (Phi) is 5.92. The van der Waals surface area contributed by atoms with Crippen LogP contribution in [0.3, 0.4) is 0 Å². The standard InChI is InChI=1S/C44H38BrN/c1-24(2)31-20-28-16-18-38(43-32(25(3)4)21-27-15-17-36(45)42(31)40(27)41(28)43)46-37-14-10-9-13-34(37)44(5,6)35-23-33-29(22-39(35)46)19-26-11-7-8-12-30(26)33/h7-18,20-25H,19H2,1-6H3. The quantitative estimate of drug-likeness (QED) is 0.171. The van der Waals surface area contributed by atoms with Crippen LogP contribution < -0.4 is 4.90 Å². The van der Waals surface area contributed by atoms with Crippen molar-refractivity contribution in [3.63, 3.8) is 0 Å². The molecule has 0 aromatic heterocycles. The van der Waals surface area contributed by atoms with E-state index in [2.05, 4.69) is 159 Å². The minimum Gasteiger partial charge on any atom is -0.309 e. The van der Waals surface area contributed by atoms with Crippen molar-refractivity contribution >= 4 is 65.3 Å². The number of hydrogen-bond donors (Lipinski definition) is 0. The fraction of sp³-hybridized carbons (Fsp3) is 0.227. The highest BCUT2D eigenvalue weighted by Crippen LogP contribution is 2.57. The van der Waals surface area contributed by atoms with Gasteiger partial charge in [-0.25, -0.2) is 0 Å². The van der Waals surface area contributed by atoms with E-state index in [9.17, 15) is 0 Å². The number of rotatable bonds is 3. The van der Waals surface area contributed by atoms with Gasteiger partial charge in [0.2, 0.25) is 0 Å². The van der Waals surface area contributed by atoms with E-state index in [0.29, 0.717) is 11.8 Å². The van der Waals surface area contributed by atoms with Crippen molar-refractivity contribution in [1.29, 1.82) is 0 Å². The van der Waals surface area contributed by atoms with Gasteiger partial charge in [0.1, 0.15) is 0 Å². The van der Waals surface area contributed by atoms with Crippen LogP contribution in [0.1, 0.15) is 86.8 Å². The molecule has 9 rings (SSSR count). The second-order valence-corrected chi connectivity index (χ2v) is 15.5. The number of fused-ring (bicyclic) bond motifs is 5. The fourth-order valence-electron chi connectivity index (χ4n) is 8.72. The minimum absolute atomic E-state index is 0.142. The van der Waals surface area contributed by atoms with Gasteiger partial charge in [0.25, 0.3) is 0 Å². The van der Waals surface area contributed by atoms with Crippen LogP contribution in [-0.2, 0) is 11.8 Å². The highest BCUT2D eigenvalue weighted by molar-refractivity contribution is 9.10. The summed E-state index contributed by atoms with van der Waals surface area (Å²) in [7, 11) is 0. The van der Waals surface area contributed by atoms with Crippen molar-refractivity contribution in [2.24, 2.45) is 0 Å². The van der Waals surface area contributed by atoms with Crippen LogP contribution in [0, 0.1) is 0 Å². The summed E-state index contributed by atoms with van der Waals surface area (Å²) in [5, 5.41) is 8.16. The Morgan fingerprint density at radius 3 is 1.98 bits per heavy atom. The topological polar surface area (TPSA) is 3.24 Å². The van der Waals surface area contributed by atoms with Crippen LogP contribution >= 0.6 is 15.9 Å². The van der Waals surface area contributed by atoms with E-state index in [1.54, 1.807) is 0 Å². The van der Waals surface area contributed by atoms with E-state index >= 15 is 0 Å². The molecule has 0 fully saturated rings. The highest BCUT2D eigenvalue weighted by atomic mass is 79.9.